The van der Waals surface area contributed by atoms with Gasteiger partial charge in [0.1, 0.15) is 0 Å². The maximum Gasteiger partial charge on any atom is 0.226 e. The molecule has 0 bridgehead atoms. The molecule has 1 unspecified atom stereocenters. The molecule has 2 aromatic carbocycles. The van der Waals surface area contributed by atoms with Gasteiger partial charge in [0, 0.05) is 43.6 Å². The van der Waals surface area contributed by atoms with E-state index < -0.39 is 0 Å². The summed E-state index contributed by atoms with van der Waals surface area (Å²) in [6.07, 6.45) is 5.94. The minimum absolute atomic E-state index is 0.124. The van der Waals surface area contributed by atoms with Gasteiger partial charge in [-0.1, -0.05) is 61.3 Å². The van der Waals surface area contributed by atoms with Gasteiger partial charge in [0.2, 0.25) is 11.8 Å². The number of methoxy groups -OCH3 is 1. The summed E-state index contributed by atoms with van der Waals surface area (Å²) >= 11 is 18.8. The van der Waals surface area contributed by atoms with Gasteiger partial charge in [-0.15, -0.1) is 0 Å². The first-order chi connectivity index (χ1) is 21.6. The molecule has 234 valence electrons. The highest BCUT2D eigenvalue weighted by atomic mass is 35.5. The van der Waals surface area contributed by atoms with Crippen molar-refractivity contribution in [3.05, 3.63) is 106 Å². The summed E-state index contributed by atoms with van der Waals surface area (Å²) in [5.74, 6) is 0.675. The van der Waals surface area contributed by atoms with Crippen LogP contribution in [0, 0.1) is 17.2 Å². The van der Waals surface area contributed by atoms with Crippen LogP contribution in [0.2, 0.25) is 10.0 Å². The van der Waals surface area contributed by atoms with Crippen LogP contribution in [0.5, 0.6) is 5.88 Å². The second-order valence-electron chi connectivity index (χ2n) is 11.0. The molecule has 2 heterocycles. The summed E-state index contributed by atoms with van der Waals surface area (Å²) in [7, 11) is 1.56. The number of nitrogens with one attached hydrogen (secondary N) is 2. The van der Waals surface area contributed by atoms with Gasteiger partial charge in [0.05, 0.1) is 53.4 Å². The van der Waals surface area contributed by atoms with Gasteiger partial charge in [0.15, 0.2) is 5.11 Å². The first-order valence-electron chi connectivity index (χ1n) is 14.4. The molecular formula is C33H35Cl2N7O2S. The van der Waals surface area contributed by atoms with Crippen LogP contribution in [-0.4, -0.2) is 50.2 Å². The Balaban J connectivity index is 1.50. The normalized spacial score (nSPS) is 11.5. The van der Waals surface area contributed by atoms with Crippen LogP contribution < -0.4 is 15.4 Å². The van der Waals surface area contributed by atoms with Crippen molar-refractivity contribution in [1.82, 2.24) is 24.8 Å². The van der Waals surface area contributed by atoms with E-state index in [1.807, 2.05) is 39.8 Å². The van der Waals surface area contributed by atoms with E-state index in [1.165, 1.54) is 0 Å². The average molecular weight is 665 g/mol. The number of hydrogen-bond donors (Lipinski definition) is 2. The zero-order valence-electron chi connectivity index (χ0n) is 25.3. The monoisotopic (exact) mass is 663 g/mol. The maximum absolute atomic E-state index is 13.4. The molecule has 12 heteroatoms. The molecule has 9 nitrogen and oxygen atoms in total. The second-order valence-corrected chi connectivity index (χ2v) is 12.2. The fraction of sp³-hybridized carbons (Fsp3) is 0.303. The van der Waals surface area contributed by atoms with Crippen molar-refractivity contribution in [1.29, 1.82) is 5.26 Å². The third kappa shape index (κ3) is 9.91. The van der Waals surface area contributed by atoms with Crippen LogP contribution in [0.1, 0.15) is 42.7 Å². The Morgan fingerprint density at radius 1 is 1.13 bits per heavy atom. The number of aromatic nitrogens is 3. The molecule has 0 aliphatic carbocycles. The molecular weight excluding hydrogens is 629 g/mol. The lowest BCUT2D eigenvalue weighted by molar-refractivity contribution is -0.121. The Morgan fingerprint density at radius 2 is 1.91 bits per heavy atom. The predicted molar refractivity (Wildman–Crippen MR) is 181 cm³/mol. The number of hydrogen-bond acceptors (Lipinski definition) is 6. The van der Waals surface area contributed by atoms with Crippen LogP contribution in [-0.2, 0) is 24.3 Å². The van der Waals surface area contributed by atoms with Crippen molar-refractivity contribution >= 4 is 52.1 Å². The zero-order valence-corrected chi connectivity index (χ0v) is 27.7. The van der Waals surface area contributed by atoms with E-state index in [9.17, 15) is 4.79 Å². The summed E-state index contributed by atoms with van der Waals surface area (Å²) < 4.78 is 7.11. The maximum atomic E-state index is 13.4. The van der Waals surface area contributed by atoms with E-state index in [0.29, 0.717) is 57.8 Å². The van der Waals surface area contributed by atoms with Gasteiger partial charge >= 0.3 is 0 Å². The van der Waals surface area contributed by atoms with Gasteiger partial charge in [-0.3, -0.25) is 4.79 Å². The zero-order chi connectivity index (χ0) is 32.3. The number of nitrogens with zero attached hydrogens (tertiary/aromatic N) is 5. The van der Waals surface area contributed by atoms with Crippen LogP contribution >= 0.6 is 35.4 Å². The molecule has 2 aromatic heterocycles. The van der Waals surface area contributed by atoms with Gasteiger partial charge < -0.3 is 24.8 Å². The summed E-state index contributed by atoms with van der Waals surface area (Å²) in [4.78, 5) is 23.9. The third-order valence-corrected chi connectivity index (χ3v) is 8.23. The standard InChI is InChI=1S/C33H35Cl2N7O2S/c1-22(2)13-27(39-30(43)14-28-17-37-21-42(28)18-24-9-7-23(15-36)8-10-24)20-41(19-25-5-4-6-29(34)32(25)35)33(45)40-26-11-12-31(44-3)38-16-26/h4-12,16-17,21-22,27H,13-14,18-20H2,1-3H3,(H,39,43)(H,40,45). The van der Waals surface area contributed by atoms with Crippen molar-refractivity contribution in [2.45, 2.75) is 45.8 Å². The van der Waals surface area contributed by atoms with Crippen molar-refractivity contribution in [2.24, 2.45) is 5.92 Å². The van der Waals surface area contributed by atoms with E-state index >= 15 is 0 Å². The molecule has 4 aromatic rings. The van der Waals surface area contributed by atoms with Crippen molar-refractivity contribution < 1.29 is 9.53 Å². The van der Waals surface area contributed by atoms with Crippen LogP contribution in [0.4, 0.5) is 5.69 Å². The van der Waals surface area contributed by atoms with E-state index in [1.54, 1.807) is 50.1 Å². The molecule has 45 heavy (non-hydrogen) atoms. The van der Waals surface area contributed by atoms with E-state index in [2.05, 4.69) is 40.5 Å². The van der Waals surface area contributed by atoms with Crippen molar-refractivity contribution in [3.63, 3.8) is 0 Å². The number of pyridine rings is 1. The van der Waals surface area contributed by atoms with Gasteiger partial charge in [-0.2, -0.15) is 5.26 Å². The summed E-state index contributed by atoms with van der Waals surface area (Å²) in [5.41, 5.74) is 3.90. The minimum atomic E-state index is -0.223. The van der Waals surface area contributed by atoms with Gasteiger partial charge in [0.25, 0.3) is 0 Å². The molecule has 0 saturated heterocycles. The molecule has 2 N–H and O–H groups in total. The molecule has 1 atom stereocenters. The van der Waals surface area contributed by atoms with Gasteiger partial charge in [-0.25, -0.2) is 9.97 Å². The number of imidazole rings is 1. The molecule has 0 spiro atoms. The fourth-order valence-electron chi connectivity index (χ4n) is 4.85. The number of carbonyl (C=O) groups is 1. The lowest BCUT2D eigenvalue weighted by Gasteiger charge is -2.32. The first-order valence-corrected chi connectivity index (χ1v) is 15.6. The number of amides is 1. The lowest BCUT2D eigenvalue weighted by Crippen LogP contribution is -2.47. The lowest BCUT2D eigenvalue weighted by atomic mass is 10.0. The number of ether oxygens (including phenoxy) is 1. The molecule has 0 radical (unpaired) electrons. The molecule has 0 aliphatic heterocycles. The van der Waals surface area contributed by atoms with Crippen LogP contribution in [0.15, 0.2) is 73.3 Å². The molecule has 0 fully saturated rings. The molecule has 1 amide bonds. The Hall–Kier alpha value is -4.17. The fourth-order valence-corrected chi connectivity index (χ4v) is 5.49. The van der Waals surface area contributed by atoms with E-state index in [-0.39, 0.29) is 18.4 Å². The van der Waals surface area contributed by atoms with Crippen molar-refractivity contribution in [3.8, 4) is 11.9 Å². The SMILES string of the molecule is COc1ccc(NC(=S)N(Cc2cccc(Cl)c2Cl)CC(CC(C)C)NC(=O)Cc2cncn2Cc2ccc(C#N)cc2)cn1. The topological polar surface area (TPSA) is 108 Å². The highest BCUT2D eigenvalue weighted by molar-refractivity contribution is 7.80. The van der Waals surface area contributed by atoms with Crippen LogP contribution in [0.25, 0.3) is 0 Å². The van der Waals surface area contributed by atoms with E-state index in [4.69, 9.17) is 45.4 Å². The number of carbonyl (C=O) groups excluding carboxylic acids is 1. The number of halogens is 2. The highest BCUT2D eigenvalue weighted by Crippen LogP contribution is 2.27. The second kappa shape index (κ2) is 16.2. The predicted octanol–water partition coefficient (Wildman–Crippen LogP) is 6.49. The summed E-state index contributed by atoms with van der Waals surface area (Å²) in [6.45, 7) is 5.56. The quantitative estimate of drug-likeness (QED) is 0.156. The summed E-state index contributed by atoms with van der Waals surface area (Å²) in [5, 5.41) is 16.9. The van der Waals surface area contributed by atoms with Gasteiger partial charge in [-0.05, 0) is 59.9 Å². The smallest absolute Gasteiger partial charge is 0.226 e. The van der Waals surface area contributed by atoms with Crippen LogP contribution in [0.3, 0.4) is 0 Å². The minimum Gasteiger partial charge on any atom is -0.481 e. The third-order valence-electron chi connectivity index (χ3n) is 7.01. The Kier molecular flexibility index (Phi) is 12.2. The Morgan fingerprint density at radius 3 is 2.58 bits per heavy atom. The number of nitriles is 1. The number of benzene rings is 2. The first kappa shape index (κ1) is 33.7. The molecule has 4 rings (SSSR count). The highest BCUT2D eigenvalue weighted by Gasteiger charge is 2.22. The molecule has 0 aliphatic rings. The molecule has 0 saturated carbocycles. The van der Waals surface area contributed by atoms with E-state index in [0.717, 1.165) is 23.2 Å². The van der Waals surface area contributed by atoms with Crippen molar-refractivity contribution in [2.75, 3.05) is 19.0 Å². The number of rotatable bonds is 13. The Bertz CT molecular complexity index is 1640. The number of thiocarbonyl (C=S) groups is 1. The average Bonchev–Trinajstić information content (AvgIpc) is 3.45. The largest absolute Gasteiger partial charge is 0.481 e. The summed E-state index contributed by atoms with van der Waals surface area (Å²) in [6, 6.07) is 18.3. The Labute approximate surface area is 279 Å². The number of anilines is 1.